The van der Waals surface area contributed by atoms with Crippen LogP contribution in [-0.2, 0) is 9.59 Å². The van der Waals surface area contributed by atoms with E-state index in [4.69, 9.17) is 11.6 Å². The molecule has 0 radical (unpaired) electrons. The lowest BCUT2D eigenvalue weighted by molar-refractivity contribution is -0.136. The van der Waals surface area contributed by atoms with Gasteiger partial charge < -0.3 is 9.88 Å². The van der Waals surface area contributed by atoms with Crippen molar-refractivity contribution in [2.24, 2.45) is 5.10 Å². The molecule has 0 aliphatic carbocycles. The summed E-state index contributed by atoms with van der Waals surface area (Å²) in [7, 11) is 0. The fraction of sp³-hybridized carbons (Fsp3) is 0.136. The first-order chi connectivity index (χ1) is 14.3. The summed E-state index contributed by atoms with van der Waals surface area (Å²) in [6.07, 6.45) is 1.51. The summed E-state index contributed by atoms with van der Waals surface area (Å²) < 4.78 is 2.73. The fourth-order valence-electron chi connectivity index (χ4n) is 2.99. The number of nitrogens with zero attached hydrogens (tertiary/aromatic N) is 2. The normalized spacial score (nSPS) is 11.0. The Morgan fingerprint density at radius 2 is 1.80 bits per heavy atom. The zero-order valence-corrected chi connectivity index (χ0v) is 19.0. The van der Waals surface area contributed by atoms with Gasteiger partial charge in [0.1, 0.15) is 0 Å². The molecule has 0 atom stereocenters. The van der Waals surface area contributed by atoms with Crippen LogP contribution in [0.1, 0.15) is 22.5 Å². The number of rotatable bonds is 4. The largest absolute Gasteiger partial charge is 0.329 e. The van der Waals surface area contributed by atoms with Gasteiger partial charge in [-0.1, -0.05) is 29.8 Å². The highest BCUT2D eigenvalue weighted by atomic mass is 79.9. The van der Waals surface area contributed by atoms with Crippen LogP contribution >= 0.6 is 27.5 Å². The summed E-state index contributed by atoms with van der Waals surface area (Å²) >= 11 is 9.58. The lowest BCUT2D eigenvalue weighted by Crippen LogP contribution is -2.32. The number of aryl methyl sites for hydroxylation is 2. The molecule has 2 N–H and O–H groups in total. The van der Waals surface area contributed by atoms with Gasteiger partial charge in [0.25, 0.3) is 0 Å². The molecule has 154 valence electrons. The van der Waals surface area contributed by atoms with Crippen molar-refractivity contribution in [2.75, 3.05) is 5.32 Å². The first-order valence-electron chi connectivity index (χ1n) is 9.12. The number of anilines is 1. The van der Waals surface area contributed by atoms with Gasteiger partial charge in [0.2, 0.25) is 0 Å². The minimum atomic E-state index is -0.860. The van der Waals surface area contributed by atoms with Gasteiger partial charge in [-0.25, -0.2) is 5.43 Å². The second-order valence-electron chi connectivity index (χ2n) is 6.73. The zero-order valence-electron chi connectivity index (χ0n) is 16.7. The van der Waals surface area contributed by atoms with E-state index < -0.39 is 11.8 Å². The van der Waals surface area contributed by atoms with E-state index in [-0.39, 0.29) is 0 Å². The second-order valence-corrected chi connectivity index (χ2v) is 7.99. The van der Waals surface area contributed by atoms with E-state index in [0.717, 1.165) is 28.2 Å². The van der Waals surface area contributed by atoms with E-state index in [2.05, 4.69) is 31.8 Å². The van der Waals surface area contributed by atoms with Crippen molar-refractivity contribution in [1.82, 2.24) is 9.99 Å². The van der Waals surface area contributed by atoms with Crippen LogP contribution in [0.3, 0.4) is 0 Å². The smallest absolute Gasteiger partial charge is 0.318 e. The van der Waals surface area contributed by atoms with Crippen molar-refractivity contribution >= 4 is 51.2 Å². The number of hydrogen-bond donors (Lipinski definition) is 2. The molecule has 0 saturated heterocycles. The molecule has 0 aliphatic rings. The van der Waals surface area contributed by atoms with Crippen molar-refractivity contribution in [3.05, 3.63) is 80.5 Å². The Kier molecular flexibility index (Phi) is 6.74. The Morgan fingerprint density at radius 1 is 1.07 bits per heavy atom. The molecule has 0 unspecified atom stereocenters. The van der Waals surface area contributed by atoms with E-state index in [1.807, 2.05) is 55.7 Å². The third-order valence-corrected chi connectivity index (χ3v) is 5.68. The Balaban J connectivity index is 1.70. The summed E-state index contributed by atoms with van der Waals surface area (Å²) in [4.78, 5) is 24.1. The van der Waals surface area contributed by atoms with Gasteiger partial charge in [-0.3, -0.25) is 9.59 Å². The molecule has 2 aromatic carbocycles. The van der Waals surface area contributed by atoms with Crippen LogP contribution in [0.4, 0.5) is 5.69 Å². The van der Waals surface area contributed by atoms with Gasteiger partial charge in [0.15, 0.2) is 0 Å². The van der Waals surface area contributed by atoms with Gasteiger partial charge >= 0.3 is 11.8 Å². The lowest BCUT2D eigenvalue weighted by Gasteiger charge is -2.11. The van der Waals surface area contributed by atoms with E-state index in [1.165, 1.54) is 6.21 Å². The molecule has 30 heavy (non-hydrogen) atoms. The van der Waals surface area contributed by atoms with Gasteiger partial charge in [-0.2, -0.15) is 5.10 Å². The molecule has 0 saturated carbocycles. The van der Waals surface area contributed by atoms with Crippen LogP contribution in [-0.4, -0.2) is 22.6 Å². The molecule has 0 spiro atoms. The summed E-state index contributed by atoms with van der Waals surface area (Å²) in [5.74, 6) is -1.67. The number of hydrogen-bond acceptors (Lipinski definition) is 3. The molecule has 6 nitrogen and oxygen atoms in total. The average molecular weight is 488 g/mol. The third kappa shape index (κ3) is 4.80. The van der Waals surface area contributed by atoms with Gasteiger partial charge in [0, 0.05) is 32.1 Å². The SMILES string of the molecule is Cc1ccc(-n2c(C)cc(/C=N\NC(=O)C(=O)Nc3ccccc3Br)c2C)cc1Cl. The summed E-state index contributed by atoms with van der Waals surface area (Å²) in [6.45, 7) is 5.88. The molecule has 1 heterocycles. The predicted molar refractivity (Wildman–Crippen MR) is 123 cm³/mol. The summed E-state index contributed by atoms with van der Waals surface area (Å²) in [5.41, 5.74) is 7.45. The number of aromatic nitrogens is 1. The minimum Gasteiger partial charge on any atom is -0.318 e. The maximum Gasteiger partial charge on any atom is 0.329 e. The van der Waals surface area contributed by atoms with Crippen LogP contribution < -0.4 is 10.7 Å². The second kappa shape index (κ2) is 9.28. The molecule has 0 fully saturated rings. The van der Waals surface area contributed by atoms with Crippen molar-refractivity contribution in [3.63, 3.8) is 0 Å². The van der Waals surface area contributed by atoms with Gasteiger partial charge in [0.05, 0.1) is 11.9 Å². The zero-order chi connectivity index (χ0) is 21.8. The number of nitrogens with one attached hydrogen (secondary N) is 2. The number of carbonyl (C=O) groups excluding carboxylic acids is 2. The Hall–Kier alpha value is -2.90. The number of halogens is 2. The highest BCUT2D eigenvalue weighted by Crippen LogP contribution is 2.24. The molecule has 0 bridgehead atoms. The molecule has 0 aliphatic heterocycles. The Morgan fingerprint density at radius 3 is 2.50 bits per heavy atom. The van der Waals surface area contributed by atoms with Crippen molar-refractivity contribution in [2.45, 2.75) is 20.8 Å². The first kappa shape index (κ1) is 21.8. The molecular formula is C22H20BrClN4O2. The first-order valence-corrected chi connectivity index (χ1v) is 10.3. The Labute approximate surface area is 188 Å². The van der Waals surface area contributed by atoms with Crippen LogP contribution in [0.5, 0.6) is 0 Å². The van der Waals surface area contributed by atoms with Crippen molar-refractivity contribution < 1.29 is 9.59 Å². The highest BCUT2D eigenvalue weighted by molar-refractivity contribution is 9.10. The van der Waals surface area contributed by atoms with Gasteiger partial charge in [-0.05, 0) is 72.6 Å². The van der Waals surface area contributed by atoms with E-state index >= 15 is 0 Å². The average Bonchev–Trinajstić information content (AvgIpc) is 2.99. The van der Waals surface area contributed by atoms with E-state index in [0.29, 0.717) is 15.2 Å². The van der Waals surface area contributed by atoms with Crippen molar-refractivity contribution in [1.29, 1.82) is 0 Å². The summed E-state index contributed by atoms with van der Waals surface area (Å²) in [6, 6.07) is 14.8. The number of carbonyl (C=O) groups is 2. The topological polar surface area (TPSA) is 75.5 Å². The number of para-hydroxylation sites is 1. The maximum atomic E-state index is 12.0. The van der Waals surface area contributed by atoms with Crippen LogP contribution in [0.15, 0.2) is 58.1 Å². The maximum absolute atomic E-state index is 12.0. The molecule has 8 heteroatoms. The van der Waals surface area contributed by atoms with E-state index in [9.17, 15) is 9.59 Å². The molecular weight excluding hydrogens is 468 g/mol. The molecule has 3 rings (SSSR count). The predicted octanol–water partition coefficient (Wildman–Crippen LogP) is 4.91. The molecule has 3 aromatic rings. The monoisotopic (exact) mass is 486 g/mol. The Bertz CT molecular complexity index is 1150. The third-order valence-electron chi connectivity index (χ3n) is 4.58. The minimum absolute atomic E-state index is 0.502. The van der Waals surface area contributed by atoms with Crippen molar-refractivity contribution in [3.8, 4) is 5.69 Å². The van der Waals surface area contributed by atoms with Crippen LogP contribution in [0, 0.1) is 20.8 Å². The van der Waals surface area contributed by atoms with Crippen LogP contribution in [0.25, 0.3) is 5.69 Å². The summed E-state index contributed by atoms with van der Waals surface area (Å²) in [5, 5.41) is 7.15. The standard InChI is InChI=1S/C22H20BrClN4O2/c1-13-8-9-17(11-19(13)24)28-14(2)10-16(15(28)3)12-25-27-22(30)21(29)26-20-7-5-4-6-18(20)23/h4-12H,1-3H3,(H,26,29)(H,27,30)/b25-12-. The highest BCUT2D eigenvalue weighted by Gasteiger charge is 2.15. The quantitative estimate of drug-likeness (QED) is 0.312. The number of amides is 2. The van der Waals surface area contributed by atoms with E-state index in [1.54, 1.807) is 18.2 Å². The number of hydrazone groups is 1. The fourth-order valence-corrected chi connectivity index (χ4v) is 3.55. The molecule has 1 aromatic heterocycles. The van der Waals surface area contributed by atoms with Gasteiger partial charge in [-0.15, -0.1) is 0 Å². The molecule has 2 amide bonds. The van der Waals surface area contributed by atoms with Crippen LogP contribution in [0.2, 0.25) is 5.02 Å². The number of benzene rings is 2. The lowest BCUT2D eigenvalue weighted by atomic mass is 10.2.